The Kier molecular flexibility index (Phi) is 4.56. The molecule has 1 heterocycles. The second-order valence-electron chi connectivity index (χ2n) is 4.31. The van der Waals surface area contributed by atoms with Crippen LogP contribution in [0.1, 0.15) is 19.4 Å². The van der Waals surface area contributed by atoms with Crippen LogP contribution in [0.15, 0.2) is 23.1 Å². The van der Waals surface area contributed by atoms with Crippen molar-refractivity contribution < 1.29 is 4.79 Å². The Labute approximate surface area is 131 Å². The lowest BCUT2D eigenvalue weighted by Gasteiger charge is -2.18. The van der Waals surface area contributed by atoms with E-state index >= 15 is 0 Å². The molecule has 1 aliphatic rings. The van der Waals surface area contributed by atoms with Crippen LogP contribution in [-0.2, 0) is 4.79 Å². The molecule has 1 aromatic rings. The van der Waals surface area contributed by atoms with E-state index in [1.165, 1.54) is 11.8 Å². The Morgan fingerprint density at radius 2 is 2.05 bits per heavy atom. The first-order valence-corrected chi connectivity index (χ1v) is 7.60. The first-order chi connectivity index (χ1) is 8.90. The predicted octanol–water partition coefficient (Wildman–Crippen LogP) is 4.60. The van der Waals surface area contributed by atoms with Gasteiger partial charge in [0.2, 0.25) is 0 Å². The molecule has 0 saturated carbocycles. The number of hydrogen-bond acceptors (Lipinski definition) is 3. The Bertz CT molecular complexity index is 584. The lowest BCUT2D eigenvalue weighted by Crippen LogP contribution is -2.34. The maximum Gasteiger partial charge on any atom is 0.266 e. The van der Waals surface area contributed by atoms with Gasteiger partial charge in [0, 0.05) is 16.1 Å². The Morgan fingerprint density at radius 1 is 1.37 bits per heavy atom. The second kappa shape index (κ2) is 5.83. The normalized spacial score (nSPS) is 17.9. The summed E-state index contributed by atoms with van der Waals surface area (Å²) >= 11 is 18.4. The molecular formula is C13H11Cl2NOS2. The highest BCUT2D eigenvalue weighted by Crippen LogP contribution is 2.35. The van der Waals surface area contributed by atoms with Crippen LogP contribution in [-0.4, -0.2) is 21.2 Å². The summed E-state index contributed by atoms with van der Waals surface area (Å²) in [7, 11) is 0. The lowest BCUT2D eigenvalue weighted by molar-refractivity contribution is -0.123. The third kappa shape index (κ3) is 3.14. The van der Waals surface area contributed by atoms with Crippen LogP contribution in [0.5, 0.6) is 0 Å². The topological polar surface area (TPSA) is 20.3 Å². The summed E-state index contributed by atoms with van der Waals surface area (Å²) in [6, 6.07) is 5.23. The SMILES string of the molecule is CC(C)N1C(=O)/C(=C/c2ccc(Cl)cc2Cl)SC1=S. The molecule has 0 radical (unpaired) electrons. The van der Waals surface area contributed by atoms with Crippen molar-refractivity contribution in [2.45, 2.75) is 19.9 Å². The van der Waals surface area contributed by atoms with Gasteiger partial charge in [-0.05, 0) is 37.6 Å². The average molecular weight is 332 g/mol. The van der Waals surface area contributed by atoms with Gasteiger partial charge in [-0.2, -0.15) is 0 Å². The molecule has 0 aliphatic carbocycles. The molecule has 1 aliphatic heterocycles. The Morgan fingerprint density at radius 3 is 2.58 bits per heavy atom. The number of rotatable bonds is 2. The van der Waals surface area contributed by atoms with Gasteiger partial charge in [-0.25, -0.2) is 0 Å². The van der Waals surface area contributed by atoms with Gasteiger partial charge in [-0.3, -0.25) is 9.69 Å². The number of thioether (sulfide) groups is 1. The van der Waals surface area contributed by atoms with Crippen LogP contribution in [0.2, 0.25) is 10.0 Å². The van der Waals surface area contributed by atoms with Gasteiger partial charge in [-0.1, -0.05) is 53.2 Å². The van der Waals surface area contributed by atoms with Crippen molar-refractivity contribution in [1.29, 1.82) is 0 Å². The number of halogens is 2. The fraction of sp³-hybridized carbons (Fsp3) is 0.231. The molecule has 6 heteroatoms. The van der Waals surface area contributed by atoms with Crippen molar-refractivity contribution in [2.24, 2.45) is 0 Å². The second-order valence-corrected chi connectivity index (χ2v) is 6.83. The van der Waals surface area contributed by atoms with E-state index in [2.05, 4.69) is 0 Å². The maximum absolute atomic E-state index is 12.2. The highest BCUT2D eigenvalue weighted by Gasteiger charge is 2.33. The number of carbonyl (C=O) groups is 1. The molecule has 1 aromatic carbocycles. The van der Waals surface area contributed by atoms with Crippen LogP contribution < -0.4 is 0 Å². The Hall–Kier alpha value is -0.550. The van der Waals surface area contributed by atoms with Gasteiger partial charge in [0.15, 0.2) is 0 Å². The number of benzene rings is 1. The fourth-order valence-electron chi connectivity index (χ4n) is 1.68. The predicted molar refractivity (Wildman–Crippen MR) is 86.6 cm³/mol. The lowest BCUT2D eigenvalue weighted by atomic mass is 10.2. The summed E-state index contributed by atoms with van der Waals surface area (Å²) in [5.74, 6) is -0.0731. The fourth-order valence-corrected chi connectivity index (χ4v) is 3.66. The van der Waals surface area contributed by atoms with Gasteiger partial charge >= 0.3 is 0 Å². The summed E-state index contributed by atoms with van der Waals surface area (Å²) < 4.78 is 0.580. The molecule has 1 fully saturated rings. The first kappa shape index (κ1) is 14.9. The number of nitrogens with zero attached hydrogens (tertiary/aromatic N) is 1. The third-order valence-electron chi connectivity index (χ3n) is 2.59. The minimum absolute atomic E-state index is 0.0547. The van der Waals surface area contributed by atoms with Gasteiger partial charge in [0.1, 0.15) is 4.32 Å². The molecule has 1 amide bonds. The molecule has 0 N–H and O–H groups in total. The average Bonchev–Trinajstić information content (AvgIpc) is 2.58. The van der Waals surface area contributed by atoms with Gasteiger partial charge in [0.05, 0.1) is 4.91 Å². The van der Waals surface area contributed by atoms with Crippen molar-refractivity contribution >= 4 is 63.5 Å². The van der Waals surface area contributed by atoms with Gasteiger partial charge in [-0.15, -0.1) is 0 Å². The zero-order valence-corrected chi connectivity index (χ0v) is 13.5. The first-order valence-electron chi connectivity index (χ1n) is 5.62. The molecule has 2 rings (SSSR count). The molecular weight excluding hydrogens is 321 g/mol. The number of amides is 1. The van der Waals surface area contributed by atoms with E-state index in [1.54, 1.807) is 29.2 Å². The van der Waals surface area contributed by atoms with E-state index in [0.29, 0.717) is 19.3 Å². The summed E-state index contributed by atoms with van der Waals surface area (Å²) in [5, 5.41) is 1.08. The maximum atomic E-state index is 12.2. The summed E-state index contributed by atoms with van der Waals surface area (Å²) in [4.78, 5) is 14.4. The van der Waals surface area contributed by atoms with Crippen molar-refractivity contribution in [3.05, 3.63) is 38.7 Å². The molecule has 100 valence electrons. The third-order valence-corrected chi connectivity index (χ3v) is 4.48. The number of carbonyl (C=O) groups excluding carboxylic acids is 1. The van der Waals surface area contributed by atoms with Crippen LogP contribution in [0.4, 0.5) is 0 Å². The summed E-state index contributed by atoms with van der Waals surface area (Å²) in [5.41, 5.74) is 0.760. The van der Waals surface area contributed by atoms with Crippen molar-refractivity contribution in [1.82, 2.24) is 4.90 Å². The molecule has 0 atom stereocenters. The molecule has 0 spiro atoms. The van der Waals surface area contributed by atoms with Crippen LogP contribution >= 0.6 is 47.2 Å². The Balaban J connectivity index is 2.35. The minimum atomic E-state index is -0.0731. The quantitative estimate of drug-likeness (QED) is 0.583. The van der Waals surface area contributed by atoms with E-state index in [-0.39, 0.29) is 11.9 Å². The summed E-state index contributed by atoms with van der Waals surface area (Å²) in [6.45, 7) is 3.87. The van der Waals surface area contributed by atoms with E-state index in [0.717, 1.165) is 5.56 Å². The molecule has 1 saturated heterocycles. The van der Waals surface area contributed by atoms with E-state index < -0.39 is 0 Å². The van der Waals surface area contributed by atoms with Crippen LogP contribution in [0, 0.1) is 0 Å². The molecule has 0 unspecified atom stereocenters. The van der Waals surface area contributed by atoms with Crippen LogP contribution in [0.25, 0.3) is 6.08 Å². The zero-order chi connectivity index (χ0) is 14.2. The van der Waals surface area contributed by atoms with Crippen molar-refractivity contribution in [3.8, 4) is 0 Å². The van der Waals surface area contributed by atoms with Crippen LogP contribution in [0.3, 0.4) is 0 Å². The van der Waals surface area contributed by atoms with Gasteiger partial charge < -0.3 is 0 Å². The monoisotopic (exact) mass is 331 g/mol. The highest BCUT2D eigenvalue weighted by molar-refractivity contribution is 8.26. The van der Waals surface area contributed by atoms with Gasteiger partial charge in [0.25, 0.3) is 5.91 Å². The largest absolute Gasteiger partial charge is 0.290 e. The van der Waals surface area contributed by atoms with E-state index in [1.807, 2.05) is 13.8 Å². The van der Waals surface area contributed by atoms with Crippen molar-refractivity contribution in [3.63, 3.8) is 0 Å². The minimum Gasteiger partial charge on any atom is -0.290 e. The molecule has 19 heavy (non-hydrogen) atoms. The standard InChI is InChI=1S/C13H11Cl2NOS2/c1-7(2)16-12(17)11(19-13(16)18)5-8-3-4-9(14)6-10(8)15/h3-7H,1-2H3/b11-5-. The molecule has 2 nitrogen and oxygen atoms in total. The van der Waals surface area contributed by atoms with E-state index in [9.17, 15) is 4.79 Å². The molecule has 0 bridgehead atoms. The number of thiocarbonyl (C=S) groups is 1. The zero-order valence-electron chi connectivity index (χ0n) is 10.3. The summed E-state index contributed by atoms with van der Waals surface area (Å²) in [6.07, 6.45) is 1.75. The van der Waals surface area contributed by atoms with E-state index in [4.69, 9.17) is 35.4 Å². The highest BCUT2D eigenvalue weighted by atomic mass is 35.5. The number of hydrogen-bond donors (Lipinski definition) is 0. The molecule has 0 aromatic heterocycles. The smallest absolute Gasteiger partial charge is 0.266 e. The van der Waals surface area contributed by atoms with Crippen molar-refractivity contribution in [2.75, 3.05) is 0 Å².